The number of hydrogen-bond acceptors (Lipinski definition) is 3. The van der Waals surface area contributed by atoms with E-state index in [9.17, 15) is 4.79 Å². The van der Waals surface area contributed by atoms with Crippen LogP contribution < -0.4 is 16.0 Å². The molecule has 0 heterocycles. The van der Waals surface area contributed by atoms with Crippen LogP contribution in [-0.2, 0) is 4.79 Å². The molecule has 0 aliphatic heterocycles. The van der Waals surface area contributed by atoms with Gasteiger partial charge in [-0.2, -0.15) is 0 Å². The van der Waals surface area contributed by atoms with E-state index < -0.39 is 6.04 Å². The van der Waals surface area contributed by atoms with Crippen LogP contribution in [0.5, 0.6) is 0 Å². The predicted molar refractivity (Wildman–Crippen MR) is 76.9 cm³/mol. The van der Waals surface area contributed by atoms with E-state index in [2.05, 4.69) is 31.0 Å². The van der Waals surface area contributed by atoms with Gasteiger partial charge in [0, 0.05) is 24.0 Å². The second-order valence-electron chi connectivity index (χ2n) is 4.70. The Balaban J connectivity index is 2.76. The molecule has 18 heavy (non-hydrogen) atoms. The van der Waals surface area contributed by atoms with E-state index in [-0.39, 0.29) is 5.91 Å². The summed E-state index contributed by atoms with van der Waals surface area (Å²) in [4.78, 5) is 13.7. The van der Waals surface area contributed by atoms with Crippen molar-refractivity contribution in [1.29, 1.82) is 0 Å². The van der Waals surface area contributed by atoms with Crippen molar-refractivity contribution in [2.75, 3.05) is 16.8 Å². The van der Waals surface area contributed by atoms with Gasteiger partial charge in [0.25, 0.3) is 0 Å². The van der Waals surface area contributed by atoms with Crippen molar-refractivity contribution in [3.05, 3.63) is 24.3 Å². The minimum Gasteiger partial charge on any atom is -0.369 e. The molecule has 1 aromatic rings. The molecule has 0 radical (unpaired) electrons. The van der Waals surface area contributed by atoms with Gasteiger partial charge in [0.2, 0.25) is 5.91 Å². The standard InChI is InChI=1S/C14H23N3O/c1-5-17(10(2)3)13-8-6-12(7-9-13)16-14(18)11(4)15/h6-11H,5,15H2,1-4H3,(H,16,18)/t11-/m1/s1. The highest BCUT2D eigenvalue weighted by Gasteiger charge is 2.10. The van der Waals surface area contributed by atoms with Crippen molar-refractivity contribution in [3.63, 3.8) is 0 Å². The molecular formula is C14H23N3O. The molecule has 0 saturated carbocycles. The van der Waals surface area contributed by atoms with Gasteiger partial charge in [0.15, 0.2) is 0 Å². The molecule has 0 fully saturated rings. The number of nitrogens with two attached hydrogens (primary N) is 1. The zero-order chi connectivity index (χ0) is 13.7. The Morgan fingerprint density at radius 1 is 1.28 bits per heavy atom. The molecule has 0 saturated heterocycles. The summed E-state index contributed by atoms with van der Waals surface area (Å²) in [5.74, 6) is -0.168. The van der Waals surface area contributed by atoms with Crippen LogP contribution in [0, 0.1) is 0 Å². The van der Waals surface area contributed by atoms with Gasteiger partial charge in [0.1, 0.15) is 0 Å². The van der Waals surface area contributed by atoms with Crippen molar-refractivity contribution in [2.45, 2.75) is 39.8 Å². The van der Waals surface area contributed by atoms with Gasteiger partial charge < -0.3 is 16.0 Å². The number of nitrogens with one attached hydrogen (secondary N) is 1. The molecule has 0 spiro atoms. The summed E-state index contributed by atoms with van der Waals surface area (Å²) >= 11 is 0. The molecule has 3 N–H and O–H groups in total. The van der Waals surface area contributed by atoms with Crippen LogP contribution >= 0.6 is 0 Å². The van der Waals surface area contributed by atoms with Crippen LogP contribution in [0.1, 0.15) is 27.7 Å². The zero-order valence-electron chi connectivity index (χ0n) is 11.6. The highest BCUT2D eigenvalue weighted by Crippen LogP contribution is 2.19. The Labute approximate surface area is 109 Å². The van der Waals surface area contributed by atoms with Crippen LogP contribution in [0.25, 0.3) is 0 Å². The molecule has 1 amide bonds. The number of carbonyl (C=O) groups excluding carboxylic acids is 1. The van der Waals surface area contributed by atoms with Crippen LogP contribution in [0.3, 0.4) is 0 Å². The summed E-state index contributed by atoms with van der Waals surface area (Å²) in [5, 5.41) is 2.77. The summed E-state index contributed by atoms with van der Waals surface area (Å²) in [6.07, 6.45) is 0. The van der Waals surface area contributed by atoms with Crippen molar-refractivity contribution < 1.29 is 4.79 Å². The van der Waals surface area contributed by atoms with E-state index in [4.69, 9.17) is 5.73 Å². The van der Waals surface area contributed by atoms with E-state index in [0.29, 0.717) is 6.04 Å². The largest absolute Gasteiger partial charge is 0.369 e. The number of benzene rings is 1. The number of carbonyl (C=O) groups is 1. The first-order valence-electron chi connectivity index (χ1n) is 6.38. The summed E-state index contributed by atoms with van der Waals surface area (Å²) in [7, 11) is 0. The van der Waals surface area contributed by atoms with E-state index in [1.165, 1.54) is 0 Å². The topological polar surface area (TPSA) is 58.4 Å². The quantitative estimate of drug-likeness (QED) is 0.841. The monoisotopic (exact) mass is 249 g/mol. The second kappa shape index (κ2) is 6.40. The maximum absolute atomic E-state index is 11.4. The molecule has 1 atom stereocenters. The lowest BCUT2D eigenvalue weighted by molar-refractivity contribution is -0.117. The third-order valence-corrected chi connectivity index (χ3v) is 2.84. The van der Waals surface area contributed by atoms with Gasteiger partial charge in [-0.15, -0.1) is 0 Å². The molecule has 0 aromatic heterocycles. The minimum atomic E-state index is -0.493. The number of nitrogens with zero attached hydrogens (tertiary/aromatic N) is 1. The van der Waals surface area contributed by atoms with Crippen molar-refractivity contribution in [1.82, 2.24) is 0 Å². The Hall–Kier alpha value is -1.55. The Kier molecular flexibility index (Phi) is 5.16. The maximum atomic E-state index is 11.4. The van der Waals surface area contributed by atoms with Crippen molar-refractivity contribution in [3.8, 4) is 0 Å². The summed E-state index contributed by atoms with van der Waals surface area (Å²) < 4.78 is 0. The van der Waals surface area contributed by atoms with Gasteiger partial charge in [-0.3, -0.25) is 4.79 Å². The fraction of sp³-hybridized carbons (Fsp3) is 0.500. The van der Waals surface area contributed by atoms with E-state index in [0.717, 1.165) is 17.9 Å². The summed E-state index contributed by atoms with van der Waals surface area (Å²) in [6.45, 7) is 9.08. The fourth-order valence-electron chi connectivity index (χ4n) is 1.84. The molecule has 100 valence electrons. The van der Waals surface area contributed by atoms with Gasteiger partial charge in [-0.25, -0.2) is 0 Å². The number of rotatable bonds is 5. The normalized spacial score (nSPS) is 12.3. The third-order valence-electron chi connectivity index (χ3n) is 2.84. The van der Waals surface area contributed by atoms with Gasteiger partial charge in [-0.05, 0) is 52.0 Å². The molecule has 4 nitrogen and oxygen atoms in total. The summed E-state index contributed by atoms with van der Waals surface area (Å²) in [6, 6.07) is 7.80. The first kappa shape index (κ1) is 14.5. The first-order chi connectivity index (χ1) is 8.45. The summed E-state index contributed by atoms with van der Waals surface area (Å²) in [5.41, 5.74) is 7.44. The number of hydrogen-bond donors (Lipinski definition) is 2. The fourth-order valence-corrected chi connectivity index (χ4v) is 1.84. The molecule has 1 rings (SSSR count). The maximum Gasteiger partial charge on any atom is 0.240 e. The lowest BCUT2D eigenvalue weighted by Crippen LogP contribution is -2.32. The van der Waals surface area contributed by atoms with Gasteiger partial charge in [0.05, 0.1) is 6.04 Å². The first-order valence-corrected chi connectivity index (χ1v) is 6.38. The molecule has 0 unspecified atom stereocenters. The SMILES string of the molecule is CCN(c1ccc(NC(=O)[C@@H](C)N)cc1)C(C)C. The average Bonchev–Trinajstić information content (AvgIpc) is 2.31. The predicted octanol–water partition coefficient (Wildman–Crippen LogP) is 2.21. The lowest BCUT2D eigenvalue weighted by atomic mass is 10.2. The van der Waals surface area contributed by atoms with Gasteiger partial charge >= 0.3 is 0 Å². The van der Waals surface area contributed by atoms with Crippen molar-refractivity contribution >= 4 is 17.3 Å². The molecular weight excluding hydrogens is 226 g/mol. The zero-order valence-corrected chi connectivity index (χ0v) is 11.6. The third kappa shape index (κ3) is 3.74. The van der Waals surface area contributed by atoms with E-state index in [1.807, 2.05) is 24.3 Å². The Bertz CT molecular complexity index is 385. The molecule has 4 heteroatoms. The molecule has 0 aliphatic carbocycles. The molecule has 1 aromatic carbocycles. The highest BCUT2D eigenvalue weighted by atomic mass is 16.2. The second-order valence-corrected chi connectivity index (χ2v) is 4.70. The highest BCUT2D eigenvalue weighted by molar-refractivity contribution is 5.94. The lowest BCUT2D eigenvalue weighted by Gasteiger charge is -2.27. The smallest absolute Gasteiger partial charge is 0.240 e. The van der Waals surface area contributed by atoms with Crippen LogP contribution in [0.15, 0.2) is 24.3 Å². The van der Waals surface area contributed by atoms with Crippen LogP contribution in [-0.4, -0.2) is 24.5 Å². The Morgan fingerprint density at radius 3 is 2.22 bits per heavy atom. The van der Waals surface area contributed by atoms with E-state index in [1.54, 1.807) is 6.92 Å². The van der Waals surface area contributed by atoms with Crippen molar-refractivity contribution in [2.24, 2.45) is 5.73 Å². The van der Waals surface area contributed by atoms with Crippen LogP contribution in [0.2, 0.25) is 0 Å². The average molecular weight is 249 g/mol. The molecule has 0 aliphatic rings. The molecule has 0 bridgehead atoms. The minimum absolute atomic E-state index is 0.168. The number of amides is 1. The van der Waals surface area contributed by atoms with Crippen LogP contribution in [0.4, 0.5) is 11.4 Å². The number of anilines is 2. The van der Waals surface area contributed by atoms with Gasteiger partial charge in [-0.1, -0.05) is 0 Å². The Morgan fingerprint density at radius 2 is 1.83 bits per heavy atom. The van der Waals surface area contributed by atoms with E-state index >= 15 is 0 Å².